The lowest BCUT2D eigenvalue weighted by Gasteiger charge is -2.62. The highest BCUT2D eigenvalue weighted by Crippen LogP contribution is 2.70. The molecule has 1 heterocycles. The second kappa shape index (κ2) is 6.08. The molecule has 0 aromatic rings. The highest BCUT2D eigenvalue weighted by Gasteiger charge is 2.68. The number of Topliss-reactive ketones (excluding diaryl/α,β-unsaturated/α-hetero) is 1. The number of carbonyl (C=O) groups excluding carboxylic acids is 2. The Kier molecular flexibility index (Phi) is 4.15. The van der Waals surface area contributed by atoms with E-state index in [1.807, 2.05) is 6.92 Å². The fraction of sp³-hybridized carbons (Fsp3) is 0.920. The Morgan fingerprint density at radius 2 is 1.68 bits per heavy atom. The van der Waals surface area contributed by atoms with Crippen molar-refractivity contribution in [3.8, 4) is 0 Å². The smallest absolute Gasteiger partial charge is 0.309 e. The molecule has 0 bridgehead atoms. The number of hydrogen-bond donors (Lipinski definition) is 0. The minimum absolute atomic E-state index is 0.0450. The number of fused-ring (bicyclic) bond motifs is 6. The largest absolute Gasteiger partial charge is 0.458 e. The molecule has 4 aliphatic carbocycles. The Balaban J connectivity index is 1.46. The van der Waals surface area contributed by atoms with Gasteiger partial charge >= 0.3 is 5.97 Å². The van der Waals surface area contributed by atoms with Crippen molar-refractivity contribution in [3.05, 3.63) is 0 Å². The topological polar surface area (TPSA) is 43.4 Å². The summed E-state index contributed by atoms with van der Waals surface area (Å²) in [5.41, 5.74) is 0.265. The third kappa shape index (κ3) is 2.28. The van der Waals surface area contributed by atoms with E-state index >= 15 is 0 Å². The minimum atomic E-state index is -0.230. The van der Waals surface area contributed by atoms with Gasteiger partial charge in [0.25, 0.3) is 0 Å². The maximum Gasteiger partial charge on any atom is 0.309 e. The molecule has 3 nitrogen and oxygen atoms in total. The first kappa shape index (κ1) is 19.1. The summed E-state index contributed by atoms with van der Waals surface area (Å²) in [7, 11) is 0. The number of ether oxygens (including phenoxy) is 1. The van der Waals surface area contributed by atoms with Gasteiger partial charge in [-0.2, -0.15) is 0 Å². The molecule has 5 fully saturated rings. The second-order valence-corrected chi connectivity index (χ2v) is 11.7. The molecule has 1 spiro atoms. The summed E-state index contributed by atoms with van der Waals surface area (Å²) < 4.78 is 6.37. The fourth-order valence-corrected chi connectivity index (χ4v) is 9.25. The van der Waals surface area contributed by atoms with Crippen LogP contribution in [0.2, 0.25) is 0 Å². The van der Waals surface area contributed by atoms with Gasteiger partial charge in [0.15, 0.2) is 0 Å². The highest BCUT2D eigenvalue weighted by molar-refractivity contribution is 5.79. The van der Waals surface area contributed by atoms with Gasteiger partial charge in [0.1, 0.15) is 11.4 Å². The van der Waals surface area contributed by atoms with Crippen LogP contribution in [-0.2, 0) is 14.3 Å². The van der Waals surface area contributed by atoms with Crippen LogP contribution in [0.25, 0.3) is 0 Å². The monoisotopic (exact) mass is 386 g/mol. The van der Waals surface area contributed by atoms with E-state index in [1.165, 1.54) is 32.1 Å². The van der Waals surface area contributed by atoms with Crippen molar-refractivity contribution in [3.63, 3.8) is 0 Å². The van der Waals surface area contributed by atoms with Gasteiger partial charge in [-0.25, -0.2) is 0 Å². The molecule has 1 unspecified atom stereocenters. The Hall–Kier alpha value is -0.860. The number of esters is 1. The Bertz CT molecular complexity index is 700. The maximum atomic E-state index is 12.6. The van der Waals surface area contributed by atoms with Gasteiger partial charge in [0.05, 0.1) is 5.92 Å². The van der Waals surface area contributed by atoms with Gasteiger partial charge in [0, 0.05) is 18.3 Å². The predicted octanol–water partition coefficient (Wildman–Crippen LogP) is 5.56. The lowest BCUT2D eigenvalue weighted by molar-refractivity contribution is -0.219. The zero-order chi connectivity index (χ0) is 19.9. The summed E-state index contributed by atoms with van der Waals surface area (Å²) in [6, 6.07) is 0. The first-order valence-corrected chi connectivity index (χ1v) is 12.0. The van der Waals surface area contributed by atoms with E-state index in [0.717, 1.165) is 43.9 Å². The zero-order valence-electron chi connectivity index (χ0n) is 18.3. The number of ketones is 1. The predicted molar refractivity (Wildman–Crippen MR) is 109 cm³/mol. The molecule has 28 heavy (non-hydrogen) atoms. The van der Waals surface area contributed by atoms with Crippen LogP contribution in [0.4, 0.5) is 0 Å². The summed E-state index contributed by atoms with van der Waals surface area (Å²) in [5, 5.41) is 0. The summed E-state index contributed by atoms with van der Waals surface area (Å²) in [5.74, 6) is 3.88. The van der Waals surface area contributed by atoms with Crippen molar-refractivity contribution >= 4 is 11.8 Å². The van der Waals surface area contributed by atoms with Crippen LogP contribution in [0.3, 0.4) is 0 Å². The molecule has 0 aromatic carbocycles. The molecular weight excluding hydrogens is 348 g/mol. The number of hydrogen-bond acceptors (Lipinski definition) is 3. The van der Waals surface area contributed by atoms with Crippen LogP contribution in [0.5, 0.6) is 0 Å². The summed E-state index contributed by atoms with van der Waals surface area (Å²) in [6.07, 6.45) is 11.0. The van der Waals surface area contributed by atoms with Crippen LogP contribution in [0.1, 0.15) is 91.9 Å². The SMILES string of the molecule is CC1C[C@@H](C)[C@]2(CC[C@H]3[C@@H]4CC[C@@H]5CC(=O)CC[C@]5(C)[C@H]4CC[C@@]32C)OC1=O. The van der Waals surface area contributed by atoms with Crippen molar-refractivity contribution < 1.29 is 14.3 Å². The van der Waals surface area contributed by atoms with E-state index in [-0.39, 0.29) is 22.9 Å². The van der Waals surface area contributed by atoms with Crippen molar-refractivity contribution in [2.24, 2.45) is 46.3 Å². The van der Waals surface area contributed by atoms with E-state index in [2.05, 4.69) is 20.8 Å². The van der Waals surface area contributed by atoms with Gasteiger partial charge in [-0.1, -0.05) is 27.7 Å². The second-order valence-electron chi connectivity index (χ2n) is 11.7. The number of carbonyl (C=O) groups is 2. The lowest BCUT2D eigenvalue weighted by atomic mass is 9.44. The average molecular weight is 387 g/mol. The van der Waals surface area contributed by atoms with Crippen molar-refractivity contribution in [1.29, 1.82) is 0 Å². The Labute approximate surface area is 170 Å². The molecule has 1 saturated heterocycles. The fourth-order valence-electron chi connectivity index (χ4n) is 9.25. The summed E-state index contributed by atoms with van der Waals surface area (Å²) in [4.78, 5) is 24.7. The molecule has 0 amide bonds. The van der Waals surface area contributed by atoms with Crippen LogP contribution in [0.15, 0.2) is 0 Å². The van der Waals surface area contributed by atoms with Gasteiger partial charge in [-0.05, 0) is 86.4 Å². The first-order valence-electron chi connectivity index (χ1n) is 12.0. The molecule has 0 N–H and O–H groups in total. The molecule has 5 aliphatic rings. The summed E-state index contributed by atoms with van der Waals surface area (Å²) >= 11 is 0. The zero-order valence-corrected chi connectivity index (χ0v) is 18.3. The Morgan fingerprint density at radius 3 is 2.46 bits per heavy atom. The van der Waals surface area contributed by atoms with E-state index in [1.54, 1.807) is 0 Å². The van der Waals surface area contributed by atoms with Gasteiger partial charge < -0.3 is 4.74 Å². The molecular formula is C25H38O3. The van der Waals surface area contributed by atoms with Gasteiger partial charge in [0.2, 0.25) is 0 Å². The minimum Gasteiger partial charge on any atom is -0.458 e. The van der Waals surface area contributed by atoms with Crippen molar-refractivity contribution in [2.75, 3.05) is 0 Å². The molecule has 5 rings (SSSR count). The molecule has 0 radical (unpaired) electrons. The summed E-state index contributed by atoms with van der Waals surface area (Å²) in [6.45, 7) is 9.36. The standard InChI is InChI=1S/C25H38O3/c1-15-13-16(2)25(28-22(15)27)12-9-21-19-6-5-17-14-18(26)7-10-23(17,3)20(19)8-11-24(21,25)4/h15-17,19-21H,5-14H2,1-4H3/t15?,16-,17-,19-,20+,21+,23+,24+,25+/m1/s1. The normalized spacial score (nSPS) is 56.0. The molecule has 0 aromatic heterocycles. The van der Waals surface area contributed by atoms with E-state index in [4.69, 9.17) is 4.74 Å². The third-order valence-electron chi connectivity index (χ3n) is 10.9. The van der Waals surface area contributed by atoms with E-state index < -0.39 is 0 Å². The quantitative estimate of drug-likeness (QED) is 0.512. The molecule has 9 atom stereocenters. The molecule has 4 saturated carbocycles. The molecule has 1 aliphatic heterocycles. The van der Waals surface area contributed by atoms with Crippen LogP contribution >= 0.6 is 0 Å². The van der Waals surface area contributed by atoms with Crippen LogP contribution in [-0.4, -0.2) is 17.4 Å². The Morgan fingerprint density at radius 1 is 0.929 bits per heavy atom. The van der Waals surface area contributed by atoms with Crippen LogP contribution < -0.4 is 0 Å². The maximum absolute atomic E-state index is 12.6. The van der Waals surface area contributed by atoms with Gasteiger partial charge in [-0.3, -0.25) is 9.59 Å². The first-order chi connectivity index (χ1) is 13.2. The molecule has 3 heteroatoms. The average Bonchev–Trinajstić information content (AvgIpc) is 2.94. The third-order valence-corrected chi connectivity index (χ3v) is 10.9. The highest BCUT2D eigenvalue weighted by atomic mass is 16.6. The van der Waals surface area contributed by atoms with Gasteiger partial charge in [-0.15, -0.1) is 0 Å². The number of rotatable bonds is 0. The van der Waals surface area contributed by atoms with Crippen molar-refractivity contribution in [1.82, 2.24) is 0 Å². The van der Waals surface area contributed by atoms with Crippen LogP contribution in [0, 0.1) is 46.3 Å². The lowest BCUT2D eigenvalue weighted by Crippen LogP contribution is -2.61. The van der Waals surface area contributed by atoms with E-state index in [0.29, 0.717) is 29.0 Å². The van der Waals surface area contributed by atoms with Crippen molar-refractivity contribution in [2.45, 2.75) is 97.5 Å². The molecule has 156 valence electrons. The van der Waals surface area contributed by atoms with E-state index in [9.17, 15) is 9.59 Å².